The standard InChI is InChI=1S/C45H33N3/c1-5-13-34(14-6-1)36-21-25-38(26-22-36)44-33-45(39-27-23-37(24-28-39)35-15-7-2-8-16-35)48(46-44)43-31-29-42(30-32-43)47(40-17-9-3-10-18-40)41-19-11-4-12-20-41/h1-33H. The third-order valence-electron chi connectivity index (χ3n) is 8.67. The highest BCUT2D eigenvalue weighted by Crippen LogP contribution is 2.36. The van der Waals surface area contributed by atoms with E-state index in [4.69, 9.17) is 5.10 Å². The molecule has 3 heteroatoms. The maximum Gasteiger partial charge on any atom is 0.0934 e. The van der Waals surface area contributed by atoms with Crippen molar-refractivity contribution in [1.29, 1.82) is 0 Å². The van der Waals surface area contributed by atoms with Crippen LogP contribution in [0.1, 0.15) is 0 Å². The topological polar surface area (TPSA) is 21.1 Å². The van der Waals surface area contributed by atoms with Crippen LogP contribution in [0.25, 0.3) is 50.5 Å². The van der Waals surface area contributed by atoms with Gasteiger partial charge >= 0.3 is 0 Å². The molecule has 48 heavy (non-hydrogen) atoms. The van der Waals surface area contributed by atoms with Crippen LogP contribution < -0.4 is 4.90 Å². The van der Waals surface area contributed by atoms with Crippen molar-refractivity contribution in [2.45, 2.75) is 0 Å². The molecule has 1 heterocycles. The second kappa shape index (κ2) is 13.1. The summed E-state index contributed by atoms with van der Waals surface area (Å²) in [5.41, 5.74) is 13.2. The van der Waals surface area contributed by atoms with Crippen LogP contribution in [0.5, 0.6) is 0 Å². The maximum absolute atomic E-state index is 5.20. The largest absolute Gasteiger partial charge is 0.311 e. The van der Waals surface area contributed by atoms with Crippen LogP contribution in [0.15, 0.2) is 200 Å². The van der Waals surface area contributed by atoms with E-state index in [2.05, 4.69) is 192 Å². The van der Waals surface area contributed by atoms with E-state index >= 15 is 0 Å². The SMILES string of the molecule is c1ccc(-c2ccc(-c3cc(-c4ccc(-c5ccccc5)cc4)n(-c4ccc(N(c5ccccc5)c5ccccc5)cc4)n3)cc2)cc1. The molecule has 0 radical (unpaired) electrons. The summed E-state index contributed by atoms with van der Waals surface area (Å²) in [7, 11) is 0. The van der Waals surface area contributed by atoms with Crippen LogP contribution in [-0.4, -0.2) is 9.78 Å². The molecule has 0 aliphatic rings. The van der Waals surface area contributed by atoms with E-state index < -0.39 is 0 Å². The van der Waals surface area contributed by atoms with Gasteiger partial charge in [-0.2, -0.15) is 5.10 Å². The van der Waals surface area contributed by atoms with Gasteiger partial charge in [-0.15, -0.1) is 0 Å². The van der Waals surface area contributed by atoms with Crippen molar-refractivity contribution in [1.82, 2.24) is 9.78 Å². The summed E-state index contributed by atoms with van der Waals surface area (Å²) in [6.07, 6.45) is 0. The molecule has 0 saturated heterocycles. The van der Waals surface area contributed by atoms with Gasteiger partial charge in [0.2, 0.25) is 0 Å². The molecule has 3 nitrogen and oxygen atoms in total. The predicted octanol–water partition coefficient (Wildman–Crippen LogP) is 12.0. The molecule has 0 unspecified atom stereocenters. The lowest BCUT2D eigenvalue weighted by atomic mass is 10.0. The normalized spacial score (nSPS) is 10.9. The first-order chi connectivity index (χ1) is 23.8. The Hall–Kier alpha value is -6.45. The summed E-state index contributed by atoms with van der Waals surface area (Å²) in [5, 5.41) is 5.20. The van der Waals surface area contributed by atoms with Crippen molar-refractivity contribution in [3.8, 4) is 50.5 Å². The van der Waals surface area contributed by atoms with Crippen molar-refractivity contribution in [2.24, 2.45) is 0 Å². The Kier molecular flexibility index (Phi) is 7.92. The van der Waals surface area contributed by atoms with Crippen LogP contribution in [0.3, 0.4) is 0 Å². The third-order valence-corrected chi connectivity index (χ3v) is 8.67. The lowest BCUT2D eigenvalue weighted by Gasteiger charge is -2.25. The number of benzene rings is 7. The number of hydrogen-bond acceptors (Lipinski definition) is 2. The van der Waals surface area contributed by atoms with E-state index in [9.17, 15) is 0 Å². The average Bonchev–Trinajstić information content (AvgIpc) is 3.63. The van der Waals surface area contributed by atoms with E-state index in [-0.39, 0.29) is 0 Å². The summed E-state index contributed by atoms with van der Waals surface area (Å²) < 4.78 is 2.07. The Labute approximate surface area is 281 Å². The Morgan fingerprint density at radius 3 is 1.19 bits per heavy atom. The number of aromatic nitrogens is 2. The molecular weight excluding hydrogens is 583 g/mol. The van der Waals surface area contributed by atoms with Crippen molar-refractivity contribution >= 4 is 17.1 Å². The van der Waals surface area contributed by atoms with Crippen LogP contribution in [0, 0.1) is 0 Å². The van der Waals surface area contributed by atoms with E-state index in [1.807, 2.05) is 18.2 Å². The molecule has 1 aromatic heterocycles. The third kappa shape index (κ3) is 5.93. The number of rotatable bonds is 8. The van der Waals surface area contributed by atoms with E-state index in [1.165, 1.54) is 22.3 Å². The van der Waals surface area contributed by atoms with Crippen molar-refractivity contribution in [3.05, 3.63) is 200 Å². The highest BCUT2D eigenvalue weighted by atomic mass is 15.3. The summed E-state index contributed by atoms with van der Waals surface area (Å²) in [6.45, 7) is 0. The summed E-state index contributed by atoms with van der Waals surface area (Å²) >= 11 is 0. The van der Waals surface area contributed by atoms with E-state index in [1.54, 1.807) is 0 Å². The number of anilines is 3. The van der Waals surface area contributed by atoms with Gasteiger partial charge in [0.25, 0.3) is 0 Å². The fourth-order valence-corrected chi connectivity index (χ4v) is 6.20. The Morgan fingerprint density at radius 1 is 0.333 bits per heavy atom. The van der Waals surface area contributed by atoms with Gasteiger partial charge in [-0.1, -0.05) is 146 Å². The summed E-state index contributed by atoms with van der Waals surface area (Å²) in [6, 6.07) is 70.2. The van der Waals surface area contributed by atoms with Gasteiger partial charge in [-0.3, -0.25) is 0 Å². The van der Waals surface area contributed by atoms with Gasteiger partial charge in [0.05, 0.1) is 17.1 Å². The molecule has 0 saturated carbocycles. The van der Waals surface area contributed by atoms with Crippen LogP contribution in [-0.2, 0) is 0 Å². The van der Waals surface area contributed by atoms with Gasteiger partial charge in [0, 0.05) is 28.2 Å². The monoisotopic (exact) mass is 615 g/mol. The summed E-state index contributed by atoms with van der Waals surface area (Å²) in [5.74, 6) is 0. The molecule has 8 aromatic rings. The average molecular weight is 616 g/mol. The lowest BCUT2D eigenvalue weighted by Crippen LogP contribution is -2.10. The first kappa shape index (κ1) is 29.0. The molecule has 0 N–H and O–H groups in total. The predicted molar refractivity (Wildman–Crippen MR) is 200 cm³/mol. The fraction of sp³-hybridized carbons (Fsp3) is 0. The van der Waals surface area contributed by atoms with E-state index in [0.717, 1.165) is 45.3 Å². The Bertz CT molecular complexity index is 2180. The number of hydrogen-bond donors (Lipinski definition) is 0. The number of nitrogens with zero attached hydrogens (tertiary/aromatic N) is 3. The second-order valence-corrected chi connectivity index (χ2v) is 11.7. The zero-order chi connectivity index (χ0) is 32.1. The smallest absolute Gasteiger partial charge is 0.0934 e. The minimum Gasteiger partial charge on any atom is -0.311 e. The zero-order valence-electron chi connectivity index (χ0n) is 26.4. The van der Waals surface area contributed by atoms with Crippen LogP contribution in [0.4, 0.5) is 17.1 Å². The first-order valence-corrected chi connectivity index (χ1v) is 16.2. The molecule has 0 spiro atoms. The Morgan fingerprint density at radius 2 is 0.708 bits per heavy atom. The molecular formula is C45H33N3. The molecule has 8 rings (SSSR count). The molecule has 7 aromatic carbocycles. The molecule has 0 aliphatic carbocycles. The van der Waals surface area contributed by atoms with Gasteiger partial charge in [-0.05, 0) is 76.9 Å². The maximum atomic E-state index is 5.20. The van der Waals surface area contributed by atoms with Crippen molar-refractivity contribution < 1.29 is 0 Å². The van der Waals surface area contributed by atoms with Gasteiger partial charge < -0.3 is 4.90 Å². The second-order valence-electron chi connectivity index (χ2n) is 11.7. The zero-order valence-corrected chi connectivity index (χ0v) is 26.4. The van der Waals surface area contributed by atoms with Crippen LogP contribution >= 0.6 is 0 Å². The molecule has 0 atom stereocenters. The van der Waals surface area contributed by atoms with Gasteiger partial charge in [0.1, 0.15) is 0 Å². The fourth-order valence-electron chi connectivity index (χ4n) is 6.20. The molecule has 0 bridgehead atoms. The summed E-state index contributed by atoms with van der Waals surface area (Å²) in [4.78, 5) is 2.27. The highest BCUT2D eigenvalue weighted by molar-refractivity contribution is 5.78. The van der Waals surface area contributed by atoms with E-state index in [0.29, 0.717) is 0 Å². The van der Waals surface area contributed by atoms with Crippen molar-refractivity contribution in [3.63, 3.8) is 0 Å². The molecule has 0 fully saturated rings. The number of para-hydroxylation sites is 2. The minimum absolute atomic E-state index is 0.927. The first-order valence-electron chi connectivity index (χ1n) is 16.2. The Balaban J connectivity index is 1.19. The molecule has 0 aliphatic heterocycles. The minimum atomic E-state index is 0.927. The quantitative estimate of drug-likeness (QED) is 0.170. The van der Waals surface area contributed by atoms with Gasteiger partial charge in [0.15, 0.2) is 0 Å². The molecule has 228 valence electrons. The van der Waals surface area contributed by atoms with Gasteiger partial charge in [-0.25, -0.2) is 4.68 Å². The molecule has 0 amide bonds. The highest BCUT2D eigenvalue weighted by Gasteiger charge is 2.16. The lowest BCUT2D eigenvalue weighted by molar-refractivity contribution is 0.892. The van der Waals surface area contributed by atoms with Crippen molar-refractivity contribution in [2.75, 3.05) is 4.90 Å². The van der Waals surface area contributed by atoms with Crippen LogP contribution in [0.2, 0.25) is 0 Å².